The molecule has 0 spiro atoms. The van der Waals surface area contributed by atoms with Crippen LogP contribution >= 0.6 is 0 Å². The molecule has 6 heteroatoms. The van der Waals surface area contributed by atoms with Crippen LogP contribution in [0.5, 0.6) is 0 Å². The largest absolute Gasteiger partial charge is 0.452 e. The number of carbonyl (C=O) groups excluding carboxylic acids is 3. The van der Waals surface area contributed by atoms with Crippen LogP contribution in [0.4, 0.5) is 5.69 Å². The third-order valence-electron chi connectivity index (χ3n) is 5.01. The highest BCUT2D eigenvalue weighted by Gasteiger charge is 2.19. The van der Waals surface area contributed by atoms with E-state index >= 15 is 0 Å². The standard InChI is InChI=1S/C25H26N2O4/c1-16-7-6-8-17(2)24(16)27-22(28)15-26-25(30)18(3)31-23(29)14-19-11-12-20-9-4-5-10-21(20)13-19/h4-13,18H,14-15H2,1-3H3,(H,26,30)(H,27,28). The first kappa shape index (κ1) is 22.0. The molecule has 0 aliphatic rings. The van der Waals surface area contributed by atoms with Crippen molar-refractivity contribution in [1.29, 1.82) is 0 Å². The molecule has 31 heavy (non-hydrogen) atoms. The van der Waals surface area contributed by atoms with Gasteiger partial charge in [0.15, 0.2) is 6.10 Å². The van der Waals surface area contributed by atoms with Gasteiger partial charge in [0.2, 0.25) is 5.91 Å². The molecule has 160 valence electrons. The number of ether oxygens (including phenoxy) is 1. The summed E-state index contributed by atoms with van der Waals surface area (Å²) in [5.74, 6) is -1.37. The average Bonchev–Trinajstić information content (AvgIpc) is 2.74. The number of para-hydroxylation sites is 1. The Morgan fingerprint density at radius 3 is 2.29 bits per heavy atom. The summed E-state index contributed by atoms with van der Waals surface area (Å²) < 4.78 is 5.23. The van der Waals surface area contributed by atoms with Crippen molar-refractivity contribution >= 4 is 34.2 Å². The molecule has 2 N–H and O–H groups in total. The Labute approximate surface area is 181 Å². The maximum Gasteiger partial charge on any atom is 0.311 e. The van der Waals surface area contributed by atoms with Gasteiger partial charge >= 0.3 is 5.97 Å². The number of aryl methyl sites for hydroxylation is 2. The van der Waals surface area contributed by atoms with E-state index in [1.54, 1.807) is 0 Å². The summed E-state index contributed by atoms with van der Waals surface area (Å²) in [4.78, 5) is 36.6. The second-order valence-electron chi connectivity index (χ2n) is 7.52. The summed E-state index contributed by atoms with van der Waals surface area (Å²) in [6.45, 7) is 5.08. The lowest BCUT2D eigenvalue weighted by Gasteiger charge is -2.15. The molecule has 3 rings (SSSR count). The summed E-state index contributed by atoms with van der Waals surface area (Å²) in [5.41, 5.74) is 3.42. The molecule has 0 radical (unpaired) electrons. The molecule has 0 aliphatic carbocycles. The van der Waals surface area contributed by atoms with Crippen molar-refractivity contribution in [2.45, 2.75) is 33.3 Å². The summed E-state index contributed by atoms with van der Waals surface area (Å²) >= 11 is 0. The van der Waals surface area contributed by atoms with Crippen molar-refractivity contribution in [2.24, 2.45) is 0 Å². The van der Waals surface area contributed by atoms with Gasteiger partial charge in [-0.05, 0) is 48.2 Å². The maximum atomic E-state index is 12.2. The SMILES string of the molecule is Cc1cccc(C)c1NC(=O)CNC(=O)C(C)OC(=O)Cc1ccc2ccccc2c1. The number of amides is 2. The quantitative estimate of drug-likeness (QED) is 0.573. The van der Waals surface area contributed by atoms with Gasteiger partial charge in [-0.15, -0.1) is 0 Å². The normalized spacial score (nSPS) is 11.6. The summed E-state index contributed by atoms with van der Waals surface area (Å²) in [5, 5.41) is 7.43. The number of carbonyl (C=O) groups is 3. The number of anilines is 1. The Balaban J connectivity index is 1.48. The van der Waals surface area contributed by atoms with Gasteiger partial charge in [0.1, 0.15) is 0 Å². The molecule has 0 aromatic heterocycles. The predicted octanol–water partition coefficient (Wildman–Crippen LogP) is 3.69. The number of benzene rings is 3. The average molecular weight is 418 g/mol. The van der Waals surface area contributed by atoms with Crippen LogP contribution in [0.3, 0.4) is 0 Å². The van der Waals surface area contributed by atoms with E-state index in [4.69, 9.17) is 4.74 Å². The van der Waals surface area contributed by atoms with Crippen LogP contribution in [0.2, 0.25) is 0 Å². The van der Waals surface area contributed by atoms with E-state index in [0.29, 0.717) is 0 Å². The minimum Gasteiger partial charge on any atom is -0.452 e. The van der Waals surface area contributed by atoms with E-state index in [2.05, 4.69) is 10.6 Å². The Bertz CT molecular complexity index is 1100. The van der Waals surface area contributed by atoms with Gasteiger partial charge in [0.05, 0.1) is 13.0 Å². The zero-order valence-corrected chi connectivity index (χ0v) is 17.9. The van der Waals surface area contributed by atoms with Crippen LogP contribution in [0, 0.1) is 13.8 Å². The van der Waals surface area contributed by atoms with Crippen LogP contribution < -0.4 is 10.6 Å². The van der Waals surface area contributed by atoms with E-state index in [1.807, 2.05) is 74.5 Å². The lowest BCUT2D eigenvalue weighted by molar-refractivity contribution is -0.154. The molecule has 6 nitrogen and oxygen atoms in total. The third-order valence-corrected chi connectivity index (χ3v) is 5.01. The van der Waals surface area contributed by atoms with E-state index in [0.717, 1.165) is 33.2 Å². The minimum atomic E-state index is -0.999. The fraction of sp³-hybridized carbons (Fsp3) is 0.240. The molecule has 0 fully saturated rings. The van der Waals surface area contributed by atoms with Crippen LogP contribution in [0.15, 0.2) is 60.7 Å². The maximum absolute atomic E-state index is 12.2. The molecule has 1 atom stereocenters. The van der Waals surface area contributed by atoms with Crippen molar-refractivity contribution in [2.75, 3.05) is 11.9 Å². The fourth-order valence-electron chi connectivity index (χ4n) is 3.31. The molecule has 3 aromatic carbocycles. The van der Waals surface area contributed by atoms with Crippen molar-refractivity contribution < 1.29 is 19.1 Å². The number of rotatable bonds is 7. The first-order valence-corrected chi connectivity index (χ1v) is 10.1. The van der Waals surface area contributed by atoms with Gasteiger partial charge in [0, 0.05) is 5.69 Å². The Morgan fingerprint density at radius 1 is 0.903 bits per heavy atom. The molecule has 2 amide bonds. The van der Waals surface area contributed by atoms with Gasteiger partial charge in [-0.2, -0.15) is 0 Å². The highest BCUT2D eigenvalue weighted by molar-refractivity contribution is 5.96. The summed E-state index contributed by atoms with van der Waals surface area (Å²) in [6.07, 6.45) is -0.934. The van der Waals surface area contributed by atoms with Gasteiger partial charge in [-0.3, -0.25) is 14.4 Å². The zero-order valence-electron chi connectivity index (χ0n) is 17.9. The number of hydrogen-bond acceptors (Lipinski definition) is 4. The molecule has 0 saturated heterocycles. The van der Waals surface area contributed by atoms with Crippen LogP contribution in [0.25, 0.3) is 10.8 Å². The molecular weight excluding hydrogens is 392 g/mol. The van der Waals surface area contributed by atoms with Crippen molar-refractivity contribution in [3.63, 3.8) is 0 Å². The van der Waals surface area contributed by atoms with E-state index < -0.39 is 18.0 Å². The molecular formula is C25H26N2O4. The Morgan fingerprint density at radius 2 is 1.58 bits per heavy atom. The summed E-state index contributed by atoms with van der Waals surface area (Å²) in [6, 6.07) is 19.3. The number of fused-ring (bicyclic) bond motifs is 1. The third kappa shape index (κ3) is 5.92. The Hall–Kier alpha value is -3.67. The predicted molar refractivity (Wildman–Crippen MR) is 121 cm³/mol. The monoisotopic (exact) mass is 418 g/mol. The highest BCUT2D eigenvalue weighted by atomic mass is 16.5. The van der Waals surface area contributed by atoms with E-state index in [1.165, 1.54) is 6.92 Å². The second kappa shape index (κ2) is 9.89. The van der Waals surface area contributed by atoms with Crippen molar-refractivity contribution in [3.05, 3.63) is 77.4 Å². The molecule has 0 aliphatic heterocycles. The van der Waals surface area contributed by atoms with E-state index in [-0.39, 0.29) is 18.9 Å². The second-order valence-corrected chi connectivity index (χ2v) is 7.52. The molecule has 0 bridgehead atoms. The number of nitrogens with one attached hydrogen (secondary N) is 2. The molecule has 3 aromatic rings. The lowest BCUT2D eigenvalue weighted by atomic mass is 10.1. The Kier molecular flexibility index (Phi) is 7.03. The van der Waals surface area contributed by atoms with Gasteiger partial charge in [0.25, 0.3) is 5.91 Å². The van der Waals surface area contributed by atoms with Gasteiger partial charge in [-0.1, -0.05) is 60.7 Å². The minimum absolute atomic E-state index is 0.0650. The van der Waals surface area contributed by atoms with Crippen molar-refractivity contribution in [1.82, 2.24) is 5.32 Å². The fourth-order valence-corrected chi connectivity index (χ4v) is 3.31. The summed E-state index contributed by atoms with van der Waals surface area (Å²) in [7, 11) is 0. The molecule has 0 heterocycles. The van der Waals surface area contributed by atoms with E-state index in [9.17, 15) is 14.4 Å². The number of hydrogen-bond donors (Lipinski definition) is 2. The van der Waals surface area contributed by atoms with Crippen LogP contribution in [0.1, 0.15) is 23.6 Å². The molecule has 0 saturated carbocycles. The van der Waals surface area contributed by atoms with Crippen LogP contribution in [-0.4, -0.2) is 30.4 Å². The molecule has 1 unspecified atom stereocenters. The number of esters is 1. The van der Waals surface area contributed by atoms with Gasteiger partial charge < -0.3 is 15.4 Å². The topological polar surface area (TPSA) is 84.5 Å². The van der Waals surface area contributed by atoms with Crippen LogP contribution in [-0.2, 0) is 25.5 Å². The zero-order chi connectivity index (χ0) is 22.4. The van der Waals surface area contributed by atoms with Crippen molar-refractivity contribution in [3.8, 4) is 0 Å². The first-order valence-electron chi connectivity index (χ1n) is 10.1. The first-order chi connectivity index (χ1) is 14.8. The van der Waals surface area contributed by atoms with Gasteiger partial charge in [-0.25, -0.2) is 0 Å². The smallest absolute Gasteiger partial charge is 0.311 e. The lowest BCUT2D eigenvalue weighted by Crippen LogP contribution is -2.40. The highest BCUT2D eigenvalue weighted by Crippen LogP contribution is 2.19.